The van der Waals surface area contributed by atoms with Crippen molar-refractivity contribution in [1.29, 1.82) is 0 Å². The Balaban J connectivity index is 2.39. The van der Waals surface area contributed by atoms with E-state index in [1.807, 2.05) is 0 Å². The minimum absolute atomic E-state index is 0.0709. The Hall–Kier alpha value is -3.71. The highest BCUT2D eigenvalue weighted by Crippen LogP contribution is 2.32. The van der Waals surface area contributed by atoms with Gasteiger partial charge in [-0.2, -0.15) is 0 Å². The first-order valence-corrected chi connectivity index (χ1v) is 11.4. The van der Waals surface area contributed by atoms with Crippen LogP contribution in [0, 0.1) is 0 Å². The van der Waals surface area contributed by atoms with Crippen LogP contribution >= 0.6 is 0 Å². The highest BCUT2D eigenvalue weighted by Gasteiger charge is 2.56. The smallest absolute Gasteiger partial charge is 0.408 e. The van der Waals surface area contributed by atoms with E-state index in [4.69, 9.17) is 33.2 Å². The fourth-order valence-electron chi connectivity index (χ4n) is 3.66. The molecular weight excluding hydrogens is 494 g/mol. The minimum Gasteiger partial charge on any atom is -0.464 e. The quantitative estimate of drug-likeness (QED) is 0.323. The molecule has 204 valence electrons. The number of alkyl carbamates (subject to hydrolysis) is 1. The van der Waals surface area contributed by atoms with Crippen molar-refractivity contribution in [2.75, 3.05) is 13.7 Å². The zero-order chi connectivity index (χ0) is 27.5. The number of ether oxygens (including phenoxy) is 7. The summed E-state index contributed by atoms with van der Waals surface area (Å²) in [4.78, 5) is 61.1. The van der Waals surface area contributed by atoms with Crippen LogP contribution in [-0.2, 0) is 58.9 Å². The molecule has 1 N–H and O–H groups in total. The van der Waals surface area contributed by atoms with Crippen molar-refractivity contribution in [3.05, 3.63) is 35.9 Å². The summed E-state index contributed by atoms with van der Waals surface area (Å²) in [6.45, 7) is 4.64. The molecule has 0 aliphatic carbocycles. The first-order chi connectivity index (χ1) is 17.6. The highest BCUT2D eigenvalue weighted by molar-refractivity contribution is 5.82. The molecule has 1 saturated heterocycles. The van der Waals surface area contributed by atoms with E-state index in [2.05, 4.69) is 5.32 Å². The van der Waals surface area contributed by atoms with E-state index >= 15 is 0 Å². The molecule has 1 amide bonds. The molecule has 0 unspecified atom stereocenters. The number of carbonyl (C=O) groups is 5. The summed E-state index contributed by atoms with van der Waals surface area (Å²) in [7, 11) is 1.25. The van der Waals surface area contributed by atoms with Crippen molar-refractivity contribution in [3.63, 3.8) is 0 Å². The Morgan fingerprint density at radius 2 is 1.54 bits per heavy atom. The minimum atomic E-state index is -1.66. The topological polar surface area (TPSA) is 162 Å². The van der Waals surface area contributed by atoms with Crippen LogP contribution < -0.4 is 5.32 Å². The standard InChI is InChI=1S/C24H31NO12/c1-6-32-22(29)17(25-24(30)33-12-16-10-8-7-9-11-16)18(34-13(2)26)19-20(35-14(3)27)21(36-15(4)28)23(31-5)37-19/h7-11,17-21,23H,6,12H2,1-5H3,(H,25,30)/t17-,18-,19+,20+,21+,23+/m0/s1. The second-order valence-corrected chi connectivity index (χ2v) is 7.86. The monoisotopic (exact) mass is 525 g/mol. The van der Waals surface area contributed by atoms with E-state index in [0.717, 1.165) is 20.8 Å². The lowest BCUT2D eigenvalue weighted by molar-refractivity contribution is -0.191. The number of amides is 1. The zero-order valence-corrected chi connectivity index (χ0v) is 21.2. The van der Waals surface area contributed by atoms with Gasteiger partial charge >= 0.3 is 30.0 Å². The average Bonchev–Trinajstić information content (AvgIpc) is 3.16. The Bertz CT molecular complexity index is 952. The first-order valence-electron chi connectivity index (χ1n) is 11.4. The third-order valence-corrected chi connectivity index (χ3v) is 5.02. The molecule has 1 aliphatic rings. The van der Waals surface area contributed by atoms with Crippen LogP contribution in [0.2, 0.25) is 0 Å². The summed E-state index contributed by atoms with van der Waals surface area (Å²) in [5.41, 5.74) is 0.683. The van der Waals surface area contributed by atoms with Gasteiger partial charge in [0.1, 0.15) is 12.7 Å². The summed E-state index contributed by atoms with van der Waals surface area (Å²) in [5.74, 6) is -3.35. The molecule has 13 heteroatoms. The Morgan fingerprint density at radius 1 is 0.919 bits per heavy atom. The van der Waals surface area contributed by atoms with Gasteiger partial charge in [-0.05, 0) is 12.5 Å². The molecule has 13 nitrogen and oxygen atoms in total. The molecule has 2 rings (SSSR count). The van der Waals surface area contributed by atoms with Gasteiger partial charge in [0.2, 0.25) is 0 Å². The second-order valence-electron chi connectivity index (χ2n) is 7.86. The second kappa shape index (κ2) is 14.1. The molecule has 0 spiro atoms. The van der Waals surface area contributed by atoms with E-state index in [1.54, 1.807) is 30.3 Å². The maximum atomic E-state index is 12.9. The molecule has 1 aromatic carbocycles. The van der Waals surface area contributed by atoms with Gasteiger partial charge in [-0.25, -0.2) is 9.59 Å². The van der Waals surface area contributed by atoms with Crippen molar-refractivity contribution >= 4 is 30.0 Å². The summed E-state index contributed by atoms with van der Waals surface area (Å²) >= 11 is 0. The van der Waals surface area contributed by atoms with Crippen molar-refractivity contribution in [2.45, 2.75) is 71.0 Å². The van der Waals surface area contributed by atoms with Gasteiger partial charge in [-0.1, -0.05) is 30.3 Å². The largest absolute Gasteiger partial charge is 0.464 e. The fourth-order valence-corrected chi connectivity index (χ4v) is 3.66. The Kier molecular flexibility index (Phi) is 11.3. The lowest BCUT2D eigenvalue weighted by atomic mass is 9.99. The Morgan fingerprint density at radius 3 is 2.08 bits per heavy atom. The lowest BCUT2D eigenvalue weighted by Gasteiger charge is -2.32. The first kappa shape index (κ1) is 29.5. The van der Waals surface area contributed by atoms with Gasteiger partial charge in [0.15, 0.2) is 30.6 Å². The van der Waals surface area contributed by atoms with E-state index in [0.29, 0.717) is 5.56 Å². The summed E-state index contributed by atoms with van der Waals surface area (Å²) < 4.78 is 37.2. The van der Waals surface area contributed by atoms with Crippen LogP contribution in [0.1, 0.15) is 33.3 Å². The van der Waals surface area contributed by atoms with E-state index < -0.39 is 66.7 Å². The number of nitrogens with one attached hydrogen (secondary N) is 1. The molecule has 0 bridgehead atoms. The summed E-state index contributed by atoms with van der Waals surface area (Å²) in [6.07, 6.45) is -7.98. The van der Waals surface area contributed by atoms with E-state index in [-0.39, 0.29) is 13.2 Å². The molecule has 1 aromatic rings. The maximum absolute atomic E-state index is 12.9. The van der Waals surface area contributed by atoms with Crippen molar-refractivity contribution in [1.82, 2.24) is 5.32 Å². The number of esters is 4. The zero-order valence-electron chi connectivity index (χ0n) is 21.2. The summed E-state index contributed by atoms with van der Waals surface area (Å²) in [5, 5.41) is 2.33. The van der Waals surface area contributed by atoms with Crippen LogP contribution in [0.25, 0.3) is 0 Å². The van der Waals surface area contributed by atoms with Crippen LogP contribution in [0.15, 0.2) is 30.3 Å². The van der Waals surface area contributed by atoms with Gasteiger partial charge in [-0.15, -0.1) is 0 Å². The molecule has 0 saturated carbocycles. The third-order valence-electron chi connectivity index (χ3n) is 5.02. The SMILES string of the molecule is CCOC(=O)[C@@H](NC(=O)OCc1ccccc1)[C@H](OC(C)=O)[C@H]1O[C@@H](OC)[C@H](OC(C)=O)[C@@H]1OC(C)=O. The molecular formula is C24H31NO12. The normalized spacial score (nSPS) is 22.2. The molecule has 0 radical (unpaired) electrons. The van der Waals surface area contributed by atoms with Crippen molar-refractivity contribution in [2.24, 2.45) is 0 Å². The number of rotatable bonds is 11. The van der Waals surface area contributed by atoms with Crippen molar-refractivity contribution < 1.29 is 57.1 Å². The molecule has 1 heterocycles. The van der Waals surface area contributed by atoms with Crippen LogP contribution in [-0.4, -0.2) is 80.4 Å². The number of carbonyl (C=O) groups excluding carboxylic acids is 5. The predicted octanol–water partition coefficient (Wildman–Crippen LogP) is 1.01. The van der Waals surface area contributed by atoms with Gasteiger partial charge in [0.05, 0.1) is 6.61 Å². The Labute approximate surface area is 213 Å². The molecule has 1 aliphatic heterocycles. The molecule has 0 aromatic heterocycles. The molecule has 6 atom stereocenters. The van der Waals surface area contributed by atoms with Gasteiger partial charge in [0, 0.05) is 27.9 Å². The van der Waals surface area contributed by atoms with Crippen LogP contribution in [0.5, 0.6) is 0 Å². The van der Waals surface area contributed by atoms with E-state index in [9.17, 15) is 24.0 Å². The number of benzene rings is 1. The maximum Gasteiger partial charge on any atom is 0.408 e. The van der Waals surface area contributed by atoms with Crippen LogP contribution in [0.4, 0.5) is 4.79 Å². The lowest BCUT2D eigenvalue weighted by Crippen LogP contribution is -2.58. The van der Waals surface area contributed by atoms with Gasteiger partial charge < -0.3 is 38.5 Å². The third kappa shape index (κ3) is 8.72. The van der Waals surface area contributed by atoms with Gasteiger partial charge in [-0.3, -0.25) is 14.4 Å². The number of hydrogen-bond acceptors (Lipinski definition) is 12. The average molecular weight is 526 g/mol. The predicted molar refractivity (Wildman–Crippen MR) is 123 cm³/mol. The van der Waals surface area contributed by atoms with E-state index in [1.165, 1.54) is 14.0 Å². The van der Waals surface area contributed by atoms with Gasteiger partial charge in [0.25, 0.3) is 0 Å². The summed E-state index contributed by atoms with van der Waals surface area (Å²) in [6, 6.07) is 7.10. The fraction of sp³-hybridized carbons (Fsp3) is 0.542. The number of methoxy groups -OCH3 is 1. The number of hydrogen-bond donors (Lipinski definition) is 1. The van der Waals surface area contributed by atoms with Crippen LogP contribution in [0.3, 0.4) is 0 Å². The van der Waals surface area contributed by atoms with Crippen molar-refractivity contribution in [3.8, 4) is 0 Å². The highest BCUT2D eigenvalue weighted by atomic mass is 16.7. The molecule has 1 fully saturated rings. The molecule has 37 heavy (non-hydrogen) atoms.